The highest BCUT2D eigenvalue weighted by atomic mass is 16.6. The minimum Gasteiger partial charge on any atom is -0.482 e. The molecule has 2 aliphatic rings. The molecule has 0 atom stereocenters. The van der Waals surface area contributed by atoms with E-state index in [0.29, 0.717) is 43.2 Å². The van der Waals surface area contributed by atoms with Crippen molar-refractivity contribution in [1.29, 1.82) is 0 Å². The lowest BCUT2D eigenvalue weighted by Crippen LogP contribution is -2.52. The third-order valence-corrected chi connectivity index (χ3v) is 5.14. The Labute approximate surface area is 181 Å². The second kappa shape index (κ2) is 8.95. The molecule has 3 rings (SSSR count). The van der Waals surface area contributed by atoms with Crippen LogP contribution in [0.25, 0.3) is 0 Å². The van der Waals surface area contributed by atoms with Crippen molar-refractivity contribution in [1.82, 2.24) is 9.80 Å². The molecule has 31 heavy (non-hydrogen) atoms. The summed E-state index contributed by atoms with van der Waals surface area (Å²) in [5, 5.41) is 0. The smallest absolute Gasteiger partial charge is 0.410 e. The molecule has 0 saturated carbocycles. The molecule has 0 N–H and O–H groups in total. The summed E-state index contributed by atoms with van der Waals surface area (Å²) in [6, 6.07) is 4.95. The molecule has 0 aliphatic carbocycles. The van der Waals surface area contributed by atoms with Crippen LogP contribution in [0.4, 0.5) is 10.5 Å². The molecule has 1 aromatic carbocycles. The molecule has 0 bridgehead atoms. The van der Waals surface area contributed by atoms with E-state index in [4.69, 9.17) is 9.47 Å². The van der Waals surface area contributed by atoms with Crippen LogP contribution in [0.3, 0.4) is 0 Å². The van der Waals surface area contributed by atoms with Crippen LogP contribution in [0.1, 0.15) is 44.5 Å². The van der Waals surface area contributed by atoms with Gasteiger partial charge in [0.1, 0.15) is 11.4 Å². The minimum absolute atomic E-state index is 0.0904. The number of hydrogen-bond acceptors (Lipinski definition) is 6. The Morgan fingerprint density at radius 1 is 1.06 bits per heavy atom. The number of carbonyl (C=O) groups is 4. The van der Waals surface area contributed by atoms with Crippen LogP contribution in [0, 0.1) is 0 Å². The number of fused-ring (bicyclic) bond motifs is 1. The van der Waals surface area contributed by atoms with E-state index in [-0.39, 0.29) is 43.3 Å². The van der Waals surface area contributed by atoms with Crippen molar-refractivity contribution in [3.05, 3.63) is 23.8 Å². The molecule has 0 aromatic heterocycles. The highest BCUT2D eigenvalue weighted by Gasteiger charge is 2.30. The predicted molar refractivity (Wildman–Crippen MR) is 113 cm³/mol. The minimum atomic E-state index is -0.562. The summed E-state index contributed by atoms with van der Waals surface area (Å²) >= 11 is 0. The summed E-state index contributed by atoms with van der Waals surface area (Å²) in [7, 11) is 0. The molecule has 2 aliphatic heterocycles. The average molecular weight is 431 g/mol. The second-order valence-electron chi connectivity index (χ2n) is 8.67. The first-order chi connectivity index (χ1) is 14.5. The molecule has 168 valence electrons. The normalized spacial score (nSPS) is 16.5. The van der Waals surface area contributed by atoms with E-state index in [1.807, 2.05) is 20.8 Å². The van der Waals surface area contributed by atoms with Crippen molar-refractivity contribution in [3.8, 4) is 5.75 Å². The molecule has 9 heteroatoms. The standard InChI is InChI=1S/C22H29N3O6/c1-15(26)16-5-6-18-17(13-16)25(20(28)14-30-18)8-7-19(27)23-9-11-24(12-10-23)21(29)31-22(2,3)4/h5-6,13H,7-12,14H2,1-4H3. The number of nitrogens with zero attached hydrogens (tertiary/aromatic N) is 3. The zero-order chi connectivity index (χ0) is 22.8. The highest BCUT2D eigenvalue weighted by Crippen LogP contribution is 2.33. The SMILES string of the molecule is CC(=O)c1ccc2c(c1)N(CCC(=O)N1CCN(C(=O)OC(C)(C)C)CC1)C(=O)CO2. The molecule has 1 saturated heterocycles. The topological polar surface area (TPSA) is 96.5 Å². The Hall–Kier alpha value is -3.10. The molecule has 1 fully saturated rings. The fourth-order valence-electron chi connectivity index (χ4n) is 3.50. The number of piperazine rings is 1. The number of rotatable bonds is 4. The molecule has 0 unspecified atom stereocenters. The lowest BCUT2D eigenvalue weighted by Gasteiger charge is -2.36. The first-order valence-corrected chi connectivity index (χ1v) is 10.4. The number of ketones is 1. The van der Waals surface area contributed by atoms with Crippen molar-refractivity contribution in [2.45, 2.75) is 39.7 Å². The van der Waals surface area contributed by atoms with Gasteiger partial charge in [-0.1, -0.05) is 0 Å². The summed E-state index contributed by atoms with van der Waals surface area (Å²) in [6.07, 6.45) is -0.238. The fraction of sp³-hybridized carbons (Fsp3) is 0.545. The molecule has 1 aromatic rings. The molecule has 3 amide bonds. The van der Waals surface area contributed by atoms with Gasteiger partial charge in [-0.15, -0.1) is 0 Å². The van der Waals surface area contributed by atoms with Gasteiger partial charge in [-0.05, 0) is 45.9 Å². The van der Waals surface area contributed by atoms with Gasteiger partial charge >= 0.3 is 6.09 Å². The summed E-state index contributed by atoms with van der Waals surface area (Å²) < 4.78 is 10.8. The van der Waals surface area contributed by atoms with E-state index in [0.717, 1.165) is 0 Å². The van der Waals surface area contributed by atoms with Gasteiger partial charge in [-0.3, -0.25) is 14.4 Å². The van der Waals surface area contributed by atoms with E-state index < -0.39 is 5.60 Å². The Bertz CT molecular complexity index is 884. The van der Waals surface area contributed by atoms with Crippen LogP contribution < -0.4 is 9.64 Å². The van der Waals surface area contributed by atoms with E-state index in [2.05, 4.69) is 0 Å². The maximum absolute atomic E-state index is 12.7. The van der Waals surface area contributed by atoms with Crippen LogP contribution in [0.2, 0.25) is 0 Å². The Balaban J connectivity index is 1.57. The second-order valence-corrected chi connectivity index (χ2v) is 8.67. The number of amides is 3. The van der Waals surface area contributed by atoms with Gasteiger partial charge in [0.15, 0.2) is 12.4 Å². The Morgan fingerprint density at radius 3 is 2.32 bits per heavy atom. The Kier molecular flexibility index (Phi) is 6.52. The molecular formula is C22H29N3O6. The summed E-state index contributed by atoms with van der Waals surface area (Å²) in [5.74, 6) is 0.0610. The van der Waals surface area contributed by atoms with Crippen molar-refractivity contribution >= 4 is 29.4 Å². The van der Waals surface area contributed by atoms with Crippen molar-refractivity contribution in [2.24, 2.45) is 0 Å². The fourth-order valence-corrected chi connectivity index (χ4v) is 3.50. The molecule has 0 spiro atoms. The van der Waals surface area contributed by atoms with E-state index >= 15 is 0 Å². The molecule has 0 radical (unpaired) electrons. The van der Waals surface area contributed by atoms with Crippen LogP contribution in [0.15, 0.2) is 18.2 Å². The van der Waals surface area contributed by atoms with Gasteiger partial charge in [-0.25, -0.2) is 4.79 Å². The molecule has 9 nitrogen and oxygen atoms in total. The van der Waals surface area contributed by atoms with Gasteiger partial charge in [0.2, 0.25) is 5.91 Å². The van der Waals surface area contributed by atoms with Gasteiger partial charge in [0.25, 0.3) is 5.91 Å². The van der Waals surface area contributed by atoms with E-state index in [1.54, 1.807) is 28.0 Å². The summed E-state index contributed by atoms with van der Waals surface area (Å²) in [5.41, 5.74) is 0.422. The van der Waals surface area contributed by atoms with Crippen LogP contribution in [-0.2, 0) is 14.3 Å². The van der Waals surface area contributed by atoms with Crippen LogP contribution in [-0.4, -0.2) is 78.4 Å². The largest absolute Gasteiger partial charge is 0.482 e. The van der Waals surface area contributed by atoms with E-state index in [1.165, 1.54) is 11.8 Å². The lowest BCUT2D eigenvalue weighted by molar-refractivity contribution is -0.132. The third kappa shape index (κ3) is 5.53. The quantitative estimate of drug-likeness (QED) is 0.678. The van der Waals surface area contributed by atoms with Gasteiger partial charge in [0.05, 0.1) is 5.69 Å². The van der Waals surface area contributed by atoms with E-state index in [9.17, 15) is 19.2 Å². The van der Waals surface area contributed by atoms with Crippen molar-refractivity contribution < 1.29 is 28.7 Å². The highest BCUT2D eigenvalue weighted by molar-refractivity contribution is 6.01. The average Bonchev–Trinajstić information content (AvgIpc) is 2.71. The van der Waals surface area contributed by atoms with Crippen LogP contribution >= 0.6 is 0 Å². The van der Waals surface area contributed by atoms with Gasteiger partial charge in [-0.2, -0.15) is 0 Å². The van der Waals surface area contributed by atoms with Crippen LogP contribution in [0.5, 0.6) is 5.75 Å². The zero-order valence-electron chi connectivity index (χ0n) is 18.5. The summed E-state index contributed by atoms with van der Waals surface area (Å²) in [6.45, 7) is 8.64. The van der Waals surface area contributed by atoms with Gasteiger partial charge < -0.3 is 24.2 Å². The maximum Gasteiger partial charge on any atom is 0.410 e. The lowest BCUT2D eigenvalue weighted by atomic mass is 10.1. The van der Waals surface area contributed by atoms with Crippen molar-refractivity contribution in [3.63, 3.8) is 0 Å². The number of anilines is 1. The first kappa shape index (κ1) is 22.6. The predicted octanol–water partition coefficient (Wildman–Crippen LogP) is 2.08. The maximum atomic E-state index is 12.7. The zero-order valence-corrected chi connectivity index (χ0v) is 18.5. The number of ether oxygens (including phenoxy) is 2. The number of hydrogen-bond donors (Lipinski definition) is 0. The number of carbonyl (C=O) groups excluding carboxylic acids is 4. The molecular weight excluding hydrogens is 402 g/mol. The summed E-state index contributed by atoms with van der Waals surface area (Å²) in [4.78, 5) is 53.8. The molecule has 2 heterocycles. The van der Waals surface area contributed by atoms with Crippen molar-refractivity contribution in [2.75, 3.05) is 44.2 Å². The number of Topliss-reactive ketones (excluding diaryl/α,β-unsaturated/α-hetero) is 1. The third-order valence-electron chi connectivity index (χ3n) is 5.14. The Morgan fingerprint density at radius 2 is 1.71 bits per heavy atom. The van der Waals surface area contributed by atoms with Gasteiger partial charge in [0, 0.05) is 44.7 Å². The monoisotopic (exact) mass is 431 g/mol. The first-order valence-electron chi connectivity index (χ1n) is 10.4. The number of benzene rings is 1.